The average molecular weight is 353 g/mol. The highest BCUT2D eigenvalue weighted by atomic mass is 32.1. The van der Waals surface area contributed by atoms with Crippen LogP contribution in [-0.4, -0.2) is 4.57 Å². The van der Waals surface area contributed by atoms with E-state index >= 15 is 0 Å². The molecule has 0 saturated heterocycles. The lowest BCUT2D eigenvalue weighted by molar-refractivity contribution is 0.722. The first kappa shape index (κ1) is 16.2. The smallest absolute Gasteiger partial charge is 0.270 e. The van der Waals surface area contributed by atoms with Crippen molar-refractivity contribution in [1.29, 1.82) is 5.26 Å². The van der Waals surface area contributed by atoms with E-state index in [4.69, 9.17) is 0 Å². The van der Waals surface area contributed by atoms with Gasteiger partial charge in [-0.25, -0.2) is 0 Å². The third kappa shape index (κ3) is 3.18. The fourth-order valence-electron chi connectivity index (χ4n) is 2.30. The molecule has 0 unspecified atom stereocenters. The molecule has 0 aliphatic carbocycles. The zero-order valence-electron chi connectivity index (χ0n) is 13.0. The number of thiophene rings is 1. The molecule has 2 aromatic heterocycles. The molecule has 0 amide bonds. The van der Waals surface area contributed by atoms with Crippen LogP contribution in [-0.2, 0) is 6.54 Å². The molecule has 2 heterocycles. The van der Waals surface area contributed by atoms with Gasteiger partial charge in [-0.3, -0.25) is 9.36 Å². The maximum absolute atomic E-state index is 12.6. The summed E-state index contributed by atoms with van der Waals surface area (Å²) in [6, 6.07) is 15.7. The molecule has 0 saturated carbocycles. The summed E-state index contributed by atoms with van der Waals surface area (Å²) in [5, 5.41) is 14.6. The molecule has 3 aromatic rings. The Balaban J connectivity index is 2.17. The lowest BCUT2D eigenvalue weighted by atomic mass is 10.3. The number of nitrogens with one attached hydrogen (secondary N) is 1. The van der Waals surface area contributed by atoms with Crippen LogP contribution in [0.1, 0.15) is 11.8 Å². The number of hydrogen-bond acceptors (Lipinski definition) is 5. The Labute approximate surface area is 147 Å². The molecule has 0 atom stereocenters. The highest BCUT2D eigenvalue weighted by Crippen LogP contribution is 2.16. The molecule has 3 rings (SSSR count). The summed E-state index contributed by atoms with van der Waals surface area (Å²) in [5.41, 5.74) is 1.39. The molecule has 0 aliphatic heterocycles. The minimum absolute atomic E-state index is 0.0785. The zero-order chi connectivity index (χ0) is 16.9. The highest BCUT2D eigenvalue weighted by molar-refractivity contribution is 7.11. The lowest BCUT2D eigenvalue weighted by Crippen LogP contribution is -2.31. The van der Waals surface area contributed by atoms with E-state index in [1.807, 2.05) is 54.8 Å². The van der Waals surface area contributed by atoms with Crippen LogP contribution in [0.25, 0.3) is 11.8 Å². The van der Waals surface area contributed by atoms with Gasteiger partial charge >= 0.3 is 0 Å². The monoisotopic (exact) mass is 353 g/mol. The van der Waals surface area contributed by atoms with Crippen molar-refractivity contribution in [2.24, 2.45) is 0 Å². The van der Waals surface area contributed by atoms with Crippen molar-refractivity contribution in [1.82, 2.24) is 4.57 Å². The van der Waals surface area contributed by atoms with Crippen molar-refractivity contribution in [2.75, 3.05) is 5.32 Å². The highest BCUT2D eigenvalue weighted by Gasteiger charge is 2.10. The van der Waals surface area contributed by atoms with E-state index in [1.54, 1.807) is 10.8 Å². The van der Waals surface area contributed by atoms with Gasteiger partial charge in [-0.15, -0.1) is 22.7 Å². The Bertz CT molecular complexity index is 1040. The molecule has 6 heteroatoms. The van der Waals surface area contributed by atoms with Crippen molar-refractivity contribution in [2.45, 2.75) is 13.5 Å². The van der Waals surface area contributed by atoms with E-state index in [1.165, 1.54) is 22.7 Å². The fourth-order valence-corrected chi connectivity index (χ4v) is 4.19. The standard InChI is InChI=1S/C18H15N3OS2/c1-2-21-17(22)16(12-20-13-7-4-3-5-8-13)24-18(21)14(11-19)15-9-6-10-23-15/h3-10,12,20H,2H2,1H3/b16-12+,18-14-. The minimum Gasteiger partial charge on any atom is -0.360 e. The number of nitrogens with zero attached hydrogens (tertiary/aromatic N) is 2. The van der Waals surface area contributed by atoms with Gasteiger partial charge in [-0.2, -0.15) is 5.26 Å². The topological polar surface area (TPSA) is 57.8 Å². The van der Waals surface area contributed by atoms with Crippen LogP contribution in [0.5, 0.6) is 0 Å². The summed E-state index contributed by atoms with van der Waals surface area (Å²) in [6.45, 7) is 2.44. The molecule has 0 aliphatic rings. The number of aromatic nitrogens is 1. The van der Waals surface area contributed by atoms with Gasteiger partial charge in [0.05, 0.1) is 0 Å². The third-order valence-corrected chi connectivity index (χ3v) is 5.48. The predicted molar refractivity (Wildman–Crippen MR) is 100 cm³/mol. The summed E-state index contributed by atoms with van der Waals surface area (Å²) >= 11 is 2.84. The van der Waals surface area contributed by atoms with Crippen LogP contribution in [0.3, 0.4) is 0 Å². The zero-order valence-corrected chi connectivity index (χ0v) is 14.7. The SMILES string of the molecule is CCn1c(=O)/c(=C\Nc2ccccc2)s/c1=C(/C#N)c1cccs1. The van der Waals surface area contributed by atoms with Crippen molar-refractivity contribution < 1.29 is 0 Å². The van der Waals surface area contributed by atoms with Crippen LogP contribution in [0.4, 0.5) is 5.69 Å². The van der Waals surface area contributed by atoms with Crippen LogP contribution in [0.2, 0.25) is 0 Å². The second-order valence-corrected chi connectivity index (χ2v) is 6.92. The van der Waals surface area contributed by atoms with Gasteiger partial charge < -0.3 is 5.32 Å². The predicted octanol–water partition coefficient (Wildman–Crippen LogP) is 2.56. The van der Waals surface area contributed by atoms with Crippen molar-refractivity contribution in [3.8, 4) is 6.07 Å². The Morgan fingerprint density at radius 2 is 2.08 bits per heavy atom. The third-order valence-electron chi connectivity index (χ3n) is 3.46. The fraction of sp³-hybridized carbons (Fsp3) is 0.111. The molecule has 4 nitrogen and oxygen atoms in total. The maximum atomic E-state index is 12.6. The van der Waals surface area contributed by atoms with Gasteiger partial charge in [0, 0.05) is 23.3 Å². The quantitative estimate of drug-likeness (QED) is 0.784. The number of benzene rings is 1. The average Bonchev–Trinajstić information content (AvgIpc) is 3.24. The van der Waals surface area contributed by atoms with Crippen molar-refractivity contribution >= 4 is 40.1 Å². The molecule has 120 valence electrons. The number of hydrogen-bond donors (Lipinski definition) is 1. The first-order valence-corrected chi connectivity index (χ1v) is 9.14. The van der Waals surface area contributed by atoms with Crippen LogP contribution >= 0.6 is 22.7 Å². The van der Waals surface area contributed by atoms with Crippen LogP contribution in [0.15, 0.2) is 52.6 Å². The van der Waals surface area contributed by atoms with E-state index in [0.29, 0.717) is 21.3 Å². The van der Waals surface area contributed by atoms with Gasteiger partial charge in [0.2, 0.25) is 0 Å². The Kier molecular flexibility index (Phi) is 4.94. The summed E-state index contributed by atoms with van der Waals surface area (Å²) in [7, 11) is 0. The van der Waals surface area contributed by atoms with Crippen LogP contribution in [0, 0.1) is 11.3 Å². The summed E-state index contributed by atoms with van der Waals surface area (Å²) in [5.74, 6) is 0. The van der Waals surface area contributed by atoms with Gasteiger partial charge in [-0.1, -0.05) is 24.3 Å². The molecule has 0 spiro atoms. The number of nitriles is 1. The van der Waals surface area contributed by atoms with Crippen LogP contribution < -0.4 is 20.1 Å². The Hall–Kier alpha value is -2.62. The van der Waals surface area contributed by atoms with Crippen molar-refractivity contribution in [3.05, 3.63) is 72.3 Å². The number of rotatable bonds is 4. The Morgan fingerprint density at radius 3 is 2.71 bits per heavy atom. The number of anilines is 1. The van der Waals surface area contributed by atoms with Gasteiger partial charge in [0.25, 0.3) is 5.56 Å². The van der Waals surface area contributed by atoms with E-state index in [9.17, 15) is 10.1 Å². The van der Waals surface area contributed by atoms with E-state index in [0.717, 1.165) is 10.6 Å². The molecular formula is C18H15N3OS2. The largest absolute Gasteiger partial charge is 0.360 e. The lowest BCUT2D eigenvalue weighted by Gasteiger charge is -1.97. The first-order chi connectivity index (χ1) is 11.7. The second-order valence-electron chi connectivity index (χ2n) is 4.94. The van der Waals surface area contributed by atoms with E-state index in [-0.39, 0.29) is 5.56 Å². The van der Waals surface area contributed by atoms with E-state index < -0.39 is 0 Å². The van der Waals surface area contributed by atoms with Crippen molar-refractivity contribution in [3.63, 3.8) is 0 Å². The molecule has 0 fully saturated rings. The van der Waals surface area contributed by atoms with E-state index in [2.05, 4.69) is 11.4 Å². The molecular weight excluding hydrogens is 338 g/mol. The maximum Gasteiger partial charge on any atom is 0.270 e. The first-order valence-electron chi connectivity index (χ1n) is 7.44. The summed E-state index contributed by atoms with van der Waals surface area (Å²) in [4.78, 5) is 13.5. The molecule has 24 heavy (non-hydrogen) atoms. The number of para-hydroxylation sites is 1. The molecule has 1 aromatic carbocycles. The normalized spacial score (nSPS) is 12.8. The summed E-state index contributed by atoms with van der Waals surface area (Å²) < 4.78 is 2.94. The minimum atomic E-state index is -0.0785. The molecule has 0 bridgehead atoms. The Morgan fingerprint density at radius 1 is 1.29 bits per heavy atom. The van der Waals surface area contributed by atoms with Gasteiger partial charge in [0.1, 0.15) is 20.8 Å². The van der Waals surface area contributed by atoms with Gasteiger partial charge in [0.15, 0.2) is 0 Å². The van der Waals surface area contributed by atoms with Gasteiger partial charge in [-0.05, 0) is 30.5 Å². The second kappa shape index (κ2) is 7.30. The summed E-state index contributed by atoms with van der Waals surface area (Å²) in [6.07, 6.45) is 1.71. The molecule has 0 radical (unpaired) electrons. The molecule has 1 N–H and O–H groups in total. The number of thiazole rings is 1.